The lowest BCUT2D eigenvalue weighted by molar-refractivity contribution is 0.340. The van der Waals surface area contributed by atoms with Gasteiger partial charge in [0.05, 0.1) is 26.0 Å². The topological polar surface area (TPSA) is 99.5 Å². The zero-order valence-corrected chi connectivity index (χ0v) is 18.5. The van der Waals surface area contributed by atoms with E-state index in [1.54, 1.807) is 25.1 Å². The molecular formula is C22H25N3O5S. The lowest BCUT2D eigenvalue weighted by Crippen LogP contribution is -2.32. The molecule has 164 valence electrons. The van der Waals surface area contributed by atoms with Crippen molar-refractivity contribution in [1.82, 2.24) is 14.5 Å². The van der Waals surface area contributed by atoms with Gasteiger partial charge in [-0.05, 0) is 61.9 Å². The first kappa shape index (κ1) is 22.5. The molecule has 3 rings (SSSR count). The van der Waals surface area contributed by atoms with Gasteiger partial charge in [-0.2, -0.15) is 5.10 Å². The fourth-order valence-electron chi connectivity index (χ4n) is 3.01. The Balaban J connectivity index is 1.74. The van der Waals surface area contributed by atoms with Gasteiger partial charge < -0.3 is 9.47 Å². The van der Waals surface area contributed by atoms with Gasteiger partial charge in [0.15, 0.2) is 0 Å². The van der Waals surface area contributed by atoms with Gasteiger partial charge in [-0.1, -0.05) is 6.07 Å². The second-order valence-electron chi connectivity index (χ2n) is 6.79. The first-order valence-corrected chi connectivity index (χ1v) is 11.3. The van der Waals surface area contributed by atoms with Gasteiger partial charge in [0.1, 0.15) is 16.4 Å². The van der Waals surface area contributed by atoms with Crippen molar-refractivity contribution < 1.29 is 17.9 Å². The van der Waals surface area contributed by atoms with E-state index in [0.29, 0.717) is 12.3 Å². The van der Waals surface area contributed by atoms with Crippen LogP contribution in [0.1, 0.15) is 12.5 Å². The zero-order valence-electron chi connectivity index (χ0n) is 17.7. The Bertz CT molecular complexity index is 1200. The third-order valence-corrected chi connectivity index (χ3v) is 6.03. The van der Waals surface area contributed by atoms with E-state index in [2.05, 4.69) is 9.82 Å². The third kappa shape index (κ3) is 5.50. The van der Waals surface area contributed by atoms with E-state index < -0.39 is 10.0 Å². The van der Waals surface area contributed by atoms with Gasteiger partial charge in [0.2, 0.25) is 10.0 Å². The summed E-state index contributed by atoms with van der Waals surface area (Å²) in [6.07, 6.45) is 0. The molecule has 0 aliphatic heterocycles. The number of benzene rings is 2. The predicted molar refractivity (Wildman–Crippen MR) is 118 cm³/mol. The summed E-state index contributed by atoms with van der Waals surface area (Å²) in [4.78, 5) is 12.2. The molecule has 8 nitrogen and oxygen atoms in total. The van der Waals surface area contributed by atoms with Crippen LogP contribution in [0.25, 0.3) is 11.3 Å². The average molecular weight is 444 g/mol. The molecule has 0 spiro atoms. The Hall–Kier alpha value is -3.17. The molecule has 0 bridgehead atoms. The molecule has 0 radical (unpaired) electrons. The van der Waals surface area contributed by atoms with Gasteiger partial charge >= 0.3 is 0 Å². The maximum atomic E-state index is 12.7. The summed E-state index contributed by atoms with van der Waals surface area (Å²) in [6, 6.07) is 15.3. The quantitative estimate of drug-likeness (QED) is 0.546. The minimum absolute atomic E-state index is 0.000925. The zero-order chi connectivity index (χ0) is 22.4. The first-order chi connectivity index (χ1) is 14.8. The molecule has 0 unspecified atom stereocenters. The van der Waals surface area contributed by atoms with Crippen molar-refractivity contribution in [3.8, 4) is 22.8 Å². The van der Waals surface area contributed by atoms with Gasteiger partial charge in [-0.25, -0.2) is 17.8 Å². The van der Waals surface area contributed by atoms with Crippen LogP contribution < -0.4 is 19.8 Å². The number of hydrogen-bond acceptors (Lipinski definition) is 6. The Labute approximate surface area is 181 Å². The van der Waals surface area contributed by atoms with Crippen molar-refractivity contribution in [1.29, 1.82) is 0 Å². The van der Waals surface area contributed by atoms with E-state index in [4.69, 9.17) is 9.47 Å². The molecule has 1 heterocycles. The fraction of sp³-hybridized carbons (Fsp3) is 0.273. The van der Waals surface area contributed by atoms with Crippen molar-refractivity contribution >= 4 is 10.0 Å². The maximum Gasteiger partial charge on any atom is 0.266 e. The monoisotopic (exact) mass is 443 g/mol. The third-order valence-electron chi connectivity index (χ3n) is 4.55. The molecule has 0 aliphatic rings. The van der Waals surface area contributed by atoms with Crippen molar-refractivity contribution in [2.75, 3.05) is 20.3 Å². The molecule has 0 amide bonds. The highest BCUT2D eigenvalue weighted by molar-refractivity contribution is 7.89. The second kappa shape index (κ2) is 9.76. The normalized spacial score (nSPS) is 11.3. The Morgan fingerprint density at radius 1 is 1.06 bits per heavy atom. The summed E-state index contributed by atoms with van der Waals surface area (Å²) in [7, 11) is -2.40. The Morgan fingerprint density at radius 3 is 2.48 bits per heavy atom. The number of aryl methyl sites for hydroxylation is 1. The largest absolute Gasteiger partial charge is 0.495 e. The van der Waals surface area contributed by atoms with Crippen LogP contribution in [0.3, 0.4) is 0 Å². The van der Waals surface area contributed by atoms with Crippen LogP contribution in [0.5, 0.6) is 11.5 Å². The SMILES string of the molecule is CCOc1ccc(-c2ccc(=O)n(CCNS(=O)(=O)c3cc(C)ccc3OC)n2)cc1. The minimum atomic E-state index is -3.81. The molecule has 0 fully saturated rings. The molecule has 9 heteroatoms. The van der Waals surface area contributed by atoms with Crippen LogP contribution in [-0.2, 0) is 16.6 Å². The van der Waals surface area contributed by atoms with Crippen LogP contribution in [0.2, 0.25) is 0 Å². The number of rotatable bonds is 9. The lowest BCUT2D eigenvalue weighted by atomic mass is 10.1. The van der Waals surface area contributed by atoms with E-state index >= 15 is 0 Å². The molecule has 2 aromatic carbocycles. The number of hydrogen-bond donors (Lipinski definition) is 1. The Morgan fingerprint density at radius 2 is 1.81 bits per heavy atom. The van der Waals surface area contributed by atoms with Crippen molar-refractivity contribution in [2.24, 2.45) is 0 Å². The highest BCUT2D eigenvalue weighted by Crippen LogP contribution is 2.24. The molecule has 31 heavy (non-hydrogen) atoms. The summed E-state index contributed by atoms with van der Waals surface area (Å²) in [5.41, 5.74) is 1.90. The highest BCUT2D eigenvalue weighted by Gasteiger charge is 2.19. The summed E-state index contributed by atoms with van der Waals surface area (Å²) in [6.45, 7) is 4.37. The Kier molecular flexibility index (Phi) is 7.09. The van der Waals surface area contributed by atoms with Crippen molar-refractivity contribution in [2.45, 2.75) is 25.3 Å². The molecule has 1 N–H and O–H groups in total. The number of ether oxygens (including phenoxy) is 2. The van der Waals surface area contributed by atoms with Gasteiger partial charge in [0.25, 0.3) is 5.56 Å². The predicted octanol–water partition coefficient (Wildman–Crippen LogP) is 2.60. The smallest absolute Gasteiger partial charge is 0.266 e. The molecular weight excluding hydrogens is 418 g/mol. The molecule has 0 atom stereocenters. The minimum Gasteiger partial charge on any atom is -0.495 e. The van der Waals surface area contributed by atoms with Gasteiger partial charge in [-0.15, -0.1) is 0 Å². The van der Waals surface area contributed by atoms with Gasteiger partial charge in [0, 0.05) is 18.2 Å². The maximum absolute atomic E-state index is 12.7. The fourth-order valence-corrected chi connectivity index (χ4v) is 4.28. The van der Waals surface area contributed by atoms with Crippen LogP contribution in [0.4, 0.5) is 0 Å². The summed E-state index contributed by atoms with van der Waals surface area (Å²) < 4.78 is 39.7. The van der Waals surface area contributed by atoms with Crippen LogP contribution >= 0.6 is 0 Å². The van der Waals surface area contributed by atoms with E-state index in [1.165, 1.54) is 23.9 Å². The van der Waals surface area contributed by atoms with Crippen LogP contribution in [0.15, 0.2) is 64.3 Å². The highest BCUT2D eigenvalue weighted by atomic mass is 32.2. The number of sulfonamides is 1. The standard InChI is InChI=1S/C22H25N3O5S/c1-4-30-18-8-6-17(7-9-18)19-10-12-22(26)25(24-19)14-13-23-31(27,28)21-15-16(2)5-11-20(21)29-3/h5-12,15,23H,4,13-14H2,1-3H3. The van der Waals surface area contributed by atoms with Gasteiger partial charge in [-0.3, -0.25) is 4.79 Å². The van der Waals surface area contributed by atoms with Crippen molar-refractivity contribution in [3.63, 3.8) is 0 Å². The molecule has 0 aliphatic carbocycles. The number of nitrogens with zero attached hydrogens (tertiary/aromatic N) is 2. The van der Waals surface area contributed by atoms with Crippen LogP contribution in [0, 0.1) is 6.92 Å². The van der Waals surface area contributed by atoms with Crippen molar-refractivity contribution in [3.05, 3.63) is 70.5 Å². The molecule has 1 aromatic heterocycles. The number of nitrogens with one attached hydrogen (secondary N) is 1. The number of aromatic nitrogens is 2. The molecule has 0 saturated heterocycles. The second-order valence-corrected chi connectivity index (χ2v) is 8.52. The summed E-state index contributed by atoms with van der Waals surface area (Å²) in [5.74, 6) is 1.01. The van der Waals surface area contributed by atoms with E-state index in [9.17, 15) is 13.2 Å². The lowest BCUT2D eigenvalue weighted by Gasteiger charge is -2.12. The first-order valence-electron chi connectivity index (χ1n) is 9.80. The average Bonchev–Trinajstić information content (AvgIpc) is 2.76. The van der Waals surface area contributed by atoms with Crippen LogP contribution in [-0.4, -0.2) is 38.5 Å². The molecule has 0 saturated carbocycles. The van der Waals surface area contributed by atoms with E-state index in [-0.39, 0.29) is 29.3 Å². The van der Waals surface area contributed by atoms with E-state index in [1.807, 2.05) is 31.2 Å². The van der Waals surface area contributed by atoms with E-state index in [0.717, 1.165) is 16.9 Å². The summed E-state index contributed by atoms with van der Waals surface area (Å²) in [5, 5.41) is 4.36. The molecule has 3 aromatic rings. The number of methoxy groups -OCH3 is 1. The summed E-state index contributed by atoms with van der Waals surface area (Å²) >= 11 is 0.